The van der Waals surface area contributed by atoms with Crippen molar-refractivity contribution in [1.29, 1.82) is 0 Å². The van der Waals surface area contributed by atoms with Gasteiger partial charge in [0.15, 0.2) is 0 Å². The summed E-state index contributed by atoms with van der Waals surface area (Å²) in [6.45, 7) is 7.68. The molecule has 0 aliphatic rings. The van der Waals surface area contributed by atoms with Gasteiger partial charge >= 0.3 is 0 Å². The Labute approximate surface area is 117 Å². The first kappa shape index (κ1) is 15.0. The molecule has 4 nitrogen and oxygen atoms in total. The van der Waals surface area contributed by atoms with Crippen molar-refractivity contribution in [1.82, 2.24) is 9.88 Å². The fourth-order valence-electron chi connectivity index (χ4n) is 1.22. The van der Waals surface area contributed by atoms with Crippen molar-refractivity contribution in [2.24, 2.45) is 4.99 Å². The molecule has 0 N–H and O–H groups in total. The van der Waals surface area contributed by atoms with E-state index in [-0.39, 0.29) is 0 Å². The lowest BCUT2D eigenvalue weighted by Gasteiger charge is -2.10. The summed E-state index contributed by atoms with van der Waals surface area (Å²) in [7, 11) is 1.99. The first-order chi connectivity index (χ1) is 8.58. The summed E-state index contributed by atoms with van der Waals surface area (Å²) in [5.74, 6) is 0.636. The summed E-state index contributed by atoms with van der Waals surface area (Å²) in [4.78, 5) is 10.8. The predicted octanol–water partition coefficient (Wildman–Crippen LogP) is 3.55. The highest BCUT2D eigenvalue weighted by atomic mass is 79.9. The first-order valence-electron chi connectivity index (χ1n) is 6.12. The van der Waals surface area contributed by atoms with Crippen LogP contribution in [0, 0.1) is 6.92 Å². The molecule has 0 radical (unpaired) electrons. The van der Waals surface area contributed by atoms with Gasteiger partial charge in [-0.05, 0) is 42.3 Å². The van der Waals surface area contributed by atoms with Gasteiger partial charge in [-0.25, -0.2) is 9.98 Å². The average Bonchev–Trinajstić information content (AvgIpc) is 2.37. The molecule has 0 aliphatic heterocycles. The third-order valence-electron chi connectivity index (χ3n) is 2.44. The highest BCUT2D eigenvalue weighted by molar-refractivity contribution is 9.10. The van der Waals surface area contributed by atoms with Crippen molar-refractivity contribution in [3.63, 3.8) is 0 Å². The normalized spacial score (nSPS) is 10.9. The Bertz CT molecular complexity index is 421. The molecule has 0 amide bonds. The van der Waals surface area contributed by atoms with Crippen molar-refractivity contribution in [2.45, 2.75) is 27.2 Å². The maximum Gasteiger partial charge on any atom is 0.228 e. The molecule has 18 heavy (non-hydrogen) atoms. The lowest BCUT2D eigenvalue weighted by molar-refractivity contribution is 0.302. The van der Waals surface area contributed by atoms with Crippen molar-refractivity contribution in [3.8, 4) is 5.88 Å². The highest BCUT2D eigenvalue weighted by Crippen LogP contribution is 2.29. The lowest BCUT2D eigenvalue weighted by Crippen LogP contribution is -2.14. The number of ether oxygens (including phenoxy) is 1. The number of pyridine rings is 1. The maximum atomic E-state index is 5.55. The summed E-state index contributed by atoms with van der Waals surface area (Å²) in [6, 6.07) is 1.94. The second-order valence-electron chi connectivity index (χ2n) is 4.05. The molecule has 0 bridgehead atoms. The highest BCUT2D eigenvalue weighted by Gasteiger charge is 2.07. The number of rotatable bonds is 6. The number of aryl methyl sites for hydroxylation is 1. The summed E-state index contributed by atoms with van der Waals surface area (Å²) < 4.78 is 6.39. The van der Waals surface area contributed by atoms with E-state index in [1.165, 1.54) is 0 Å². The fraction of sp³-hybridized carbons (Fsp3) is 0.538. The Hall–Kier alpha value is -1.10. The maximum absolute atomic E-state index is 5.55. The predicted molar refractivity (Wildman–Crippen MR) is 78.9 cm³/mol. The van der Waals surface area contributed by atoms with E-state index in [4.69, 9.17) is 4.74 Å². The topological polar surface area (TPSA) is 37.7 Å². The van der Waals surface area contributed by atoms with E-state index in [1.807, 2.05) is 31.3 Å². The fourth-order valence-corrected chi connectivity index (χ4v) is 1.64. The van der Waals surface area contributed by atoms with Crippen LogP contribution in [0.15, 0.2) is 15.5 Å². The summed E-state index contributed by atoms with van der Waals surface area (Å²) in [5.41, 5.74) is 1.72. The minimum Gasteiger partial charge on any atom is -0.477 e. The van der Waals surface area contributed by atoms with Crippen LogP contribution in [0.2, 0.25) is 0 Å². The number of hydrogen-bond donors (Lipinski definition) is 0. The minimum absolute atomic E-state index is 0.636. The second kappa shape index (κ2) is 7.36. The second-order valence-corrected chi connectivity index (χ2v) is 4.90. The molecule has 0 spiro atoms. The molecule has 0 atom stereocenters. The van der Waals surface area contributed by atoms with E-state index in [9.17, 15) is 0 Å². The quantitative estimate of drug-likeness (QED) is 0.595. The molecule has 0 fully saturated rings. The van der Waals surface area contributed by atoms with Gasteiger partial charge in [0.05, 0.1) is 28.8 Å². The Balaban J connectivity index is 2.89. The molecule has 1 heterocycles. The molecule has 0 aromatic carbocycles. The lowest BCUT2D eigenvalue weighted by atomic mass is 10.3. The van der Waals surface area contributed by atoms with Gasteiger partial charge in [-0.3, -0.25) is 0 Å². The summed E-state index contributed by atoms with van der Waals surface area (Å²) in [5, 5.41) is 0. The molecule has 0 saturated heterocycles. The third kappa shape index (κ3) is 4.29. The molecular formula is C13H20BrN3O. The van der Waals surface area contributed by atoms with Gasteiger partial charge in [-0.2, -0.15) is 0 Å². The number of nitrogens with zero attached hydrogens (tertiary/aromatic N) is 3. The first-order valence-corrected chi connectivity index (χ1v) is 6.92. The van der Waals surface area contributed by atoms with Crippen LogP contribution in [0.1, 0.15) is 26.0 Å². The average molecular weight is 314 g/mol. The Morgan fingerprint density at radius 3 is 2.83 bits per heavy atom. The summed E-state index contributed by atoms with van der Waals surface area (Å²) in [6.07, 6.45) is 2.78. The summed E-state index contributed by atoms with van der Waals surface area (Å²) >= 11 is 3.46. The van der Waals surface area contributed by atoms with Gasteiger partial charge in [-0.15, -0.1) is 0 Å². The van der Waals surface area contributed by atoms with Crippen molar-refractivity contribution in [2.75, 3.05) is 20.2 Å². The van der Waals surface area contributed by atoms with Crippen LogP contribution in [-0.2, 0) is 0 Å². The monoisotopic (exact) mass is 313 g/mol. The molecule has 0 unspecified atom stereocenters. The van der Waals surface area contributed by atoms with E-state index in [2.05, 4.69) is 39.8 Å². The van der Waals surface area contributed by atoms with Crippen LogP contribution in [0.4, 0.5) is 5.69 Å². The van der Waals surface area contributed by atoms with Gasteiger partial charge in [0, 0.05) is 13.6 Å². The third-order valence-corrected chi connectivity index (χ3v) is 3.01. The largest absolute Gasteiger partial charge is 0.477 e. The molecule has 0 aliphatic carbocycles. The van der Waals surface area contributed by atoms with Crippen LogP contribution in [-0.4, -0.2) is 36.4 Å². The SMILES string of the molecule is CCCOc1nc(C)c(N=CN(C)CC)cc1Br. The van der Waals surface area contributed by atoms with Gasteiger partial charge in [0.2, 0.25) is 5.88 Å². The zero-order valence-electron chi connectivity index (χ0n) is 11.4. The van der Waals surface area contributed by atoms with Crippen LogP contribution >= 0.6 is 15.9 Å². The van der Waals surface area contributed by atoms with E-state index < -0.39 is 0 Å². The van der Waals surface area contributed by atoms with Crippen molar-refractivity contribution >= 4 is 28.0 Å². The Morgan fingerprint density at radius 2 is 2.22 bits per heavy atom. The van der Waals surface area contributed by atoms with Gasteiger partial charge in [0.1, 0.15) is 0 Å². The van der Waals surface area contributed by atoms with Crippen molar-refractivity contribution < 1.29 is 4.74 Å². The zero-order chi connectivity index (χ0) is 13.5. The van der Waals surface area contributed by atoms with E-state index in [0.29, 0.717) is 12.5 Å². The van der Waals surface area contributed by atoms with Gasteiger partial charge in [-0.1, -0.05) is 6.92 Å². The number of aliphatic imine (C=N–C) groups is 1. The molecular weight excluding hydrogens is 294 g/mol. The Kier molecular flexibility index (Phi) is 6.12. The van der Waals surface area contributed by atoms with Crippen molar-refractivity contribution in [3.05, 3.63) is 16.2 Å². The zero-order valence-corrected chi connectivity index (χ0v) is 13.0. The smallest absolute Gasteiger partial charge is 0.228 e. The molecule has 100 valence electrons. The molecule has 1 rings (SSSR count). The number of aromatic nitrogens is 1. The van der Waals surface area contributed by atoms with Crippen LogP contribution in [0.25, 0.3) is 0 Å². The minimum atomic E-state index is 0.636. The molecule has 5 heteroatoms. The van der Waals surface area contributed by atoms with E-state index >= 15 is 0 Å². The number of halogens is 1. The molecule has 1 aromatic rings. The van der Waals surface area contributed by atoms with Gasteiger partial charge < -0.3 is 9.64 Å². The van der Waals surface area contributed by atoms with Crippen LogP contribution in [0.5, 0.6) is 5.88 Å². The molecule has 1 aromatic heterocycles. The standard InChI is InChI=1S/C13H20BrN3O/c1-5-7-18-13-11(14)8-12(10(3)16-13)15-9-17(4)6-2/h8-9H,5-7H2,1-4H3. The van der Waals surface area contributed by atoms with Crippen LogP contribution in [0.3, 0.4) is 0 Å². The van der Waals surface area contributed by atoms with E-state index in [0.717, 1.165) is 28.8 Å². The molecule has 0 saturated carbocycles. The van der Waals surface area contributed by atoms with E-state index in [1.54, 1.807) is 0 Å². The van der Waals surface area contributed by atoms with Gasteiger partial charge in [0.25, 0.3) is 0 Å². The number of hydrogen-bond acceptors (Lipinski definition) is 3. The van der Waals surface area contributed by atoms with Crippen LogP contribution < -0.4 is 4.74 Å². The Morgan fingerprint density at radius 1 is 1.50 bits per heavy atom.